The molecule has 4 nitrogen and oxygen atoms in total. The lowest BCUT2D eigenvalue weighted by atomic mass is 10.2. The molecule has 1 fully saturated rings. The van der Waals surface area contributed by atoms with Crippen molar-refractivity contribution in [2.24, 2.45) is 0 Å². The minimum Gasteiger partial charge on any atom is -0.479 e. The van der Waals surface area contributed by atoms with Gasteiger partial charge in [-0.05, 0) is 14.0 Å². The van der Waals surface area contributed by atoms with E-state index in [4.69, 9.17) is 9.84 Å². The van der Waals surface area contributed by atoms with Gasteiger partial charge < -0.3 is 14.7 Å². The number of likely N-dealkylation sites (N-methyl/N-ethyl adjacent to an activating group) is 1. The number of carboxylic acid groups (broad SMARTS) is 1. The Morgan fingerprint density at radius 1 is 1.64 bits per heavy atom. The van der Waals surface area contributed by atoms with E-state index in [1.807, 2.05) is 18.9 Å². The largest absolute Gasteiger partial charge is 0.479 e. The van der Waals surface area contributed by atoms with Crippen molar-refractivity contribution in [3.63, 3.8) is 0 Å². The zero-order chi connectivity index (χ0) is 8.43. The van der Waals surface area contributed by atoms with Gasteiger partial charge in [-0.2, -0.15) is 0 Å². The average Bonchev–Trinajstić information content (AvgIpc) is 1.85. The van der Waals surface area contributed by atoms with Gasteiger partial charge in [0.25, 0.3) is 0 Å². The van der Waals surface area contributed by atoms with Crippen LogP contribution in [0.5, 0.6) is 0 Å². The molecule has 0 saturated carbocycles. The molecule has 0 aromatic rings. The van der Waals surface area contributed by atoms with Crippen LogP contribution >= 0.6 is 0 Å². The van der Waals surface area contributed by atoms with Crippen molar-refractivity contribution in [1.82, 2.24) is 4.90 Å². The molecule has 0 unspecified atom stereocenters. The average molecular weight is 159 g/mol. The maximum absolute atomic E-state index is 10.5. The van der Waals surface area contributed by atoms with Gasteiger partial charge in [-0.3, -0.25) is 0 Å². The van der Waals surface area contributed by atoms with Gasteiger partial charge in [0.1, 0.15) is 0 Å². The van der Waals surface area contributed by atoms with Gasteiger partial charge >= 0.3 is 5.97 Å². The summed E-state index contributed by atoms with van der Waals surface area (Å²) in [6.07, 6.45) is -0.626. The molecule has 11 heavy (non-hydrogen) atoms. The molecular weight excluding hydrogens is 146 g/mol. The van der Waals surface area contributed by atoms with E-state index in [9.17, 15) is 4.79 Å². The standard InChI is InChI=1S/C7H13NO3/c1-5-3-8(2)4-6(11-5)7(9)10/h5-6H,3-4H2,1-2H3,(H,9,10)/t5-,6-/m1/s1. The van der Waals surface area contributed by atoms with E-state index in [2.05, 4.69) is 0 Å². The molecule has 0 aliphatic carbocycles. The van der Waals surface area contributed by atoms with E-state index in [-0.39, 0.29) is 6.10 Å². The second-order valence-corrected chi connectivity index (χ2v) is 2.99. The highest BCUT2D eigenvalue weighted by Crippen LogP contribution is 2.08. The van der Waals surface area contributed by atoms with Crippen molar-refractivity contribution in [1.29, 1.82) is 0 Å². The molecule has 1 saturated heterocycles. The number of hydrogen-bond acceptors (Lipinski definition) is 3. The molecule has 4 heteroatoms. The van der Waals surface area contributed by atoms with Crippen molar-refractivity contribution in [2.75, 3.05) is 20.1 Å². The zero-order valence-electron chi connectivity index (χ0n) is 6.78. The van der Waals surface area contributed by atoms with Crippen molar-refractivity contribution in [2.45, 2.75) is 19.1 Å². The van der Waals surface area contributed by atoms with E-state index in [0.29, 0.717) is 6.54 Å². The van der Waals surface area contributed by atoms with Crippen molar-refractivity contribution in [3.8, 4) is 0 Å². The number of aliphatic carboxylic acids is 1. The van der Waals surface area contributed by atoms with Gasteiger partial charge in [-0.15, -0.1) is 0 Å². The Morgan fingerprint density at radius 2 is 2.27 bits per heavy atom. The fourth-order valence-corrected chi connectivity index (χ4v) is 1.30. The molecule has 1 heterocycles. The number of ether oxygens (including phenoxy) is 1. The maximum atomic E-state index is 10.5. The van der Waals surface area contributed by atoms with Crippen LogP contribution in [0.2, 0.25) is 0 Å². The first-order valence-corrected chi connectivity index (χ1v) is 3.66. The lowest BCUT2D eigenvalue weighted by molar-refractivity contribution is -0.161. The number of hydrogen-bond donors (Lipinski definition) is 1. The third kappa shape index (κ3) is 2.17. The molecule has 64 valence electrons. The van der Waals surface area contributed by atoms with Crippen LogP contribution in [0, 0.1) is 0 Å². The molecule has 1 aliphatic rings. The summed E-state index contributed by atoms with van der Waals surface area (Å²) in [6, 6.07) is 0. The molecule has 1 rings (SSSR count). The summed E-state index contributed by atoms with van der Waals surface area (Å²) in [5.74, 6) is -0.872. The van der Waals surface area contributed by atoms with Gasteiger partial charge in [-0.1, -0.05) is 0 Å². The second kappa shape index (κ2) is 3.19. The monoisotopic (exact) mass is 159 g/mol. The summed E-state index contributed by atoms with van der Waals surface area (Å²) in [5, 5.41) is 8.62. The van der Waals surface area contributed by atoms with E-state index in [0.717, 1.165) is 6.54 Å². The third-order valence-corrected chi connectivity index (χ3v) is 1.72. The fourth-order valence-electron chi connectivity index (χ4n) is 1.30. The molecule has 2 atom stereocenters. The Hall–Kier alpha value is -0.610. The van der Waals surface area contributed by atoms with Crippen LogP contribution in [-0.4, -0.2) is 48.3 Å². The van der Waals surface area contributed by atoms with Gasteiger partial charge in [0, 0.05) is 13.1 Å². The molecule has 0 amide bonds. The van der Waals surface area contributed by atoms with Crippen LogP contribution in [0.1, 0.15) is 6.92 Å². The molecule has 1 N–H and O–H groups in total. The first-order valence-electron chi connectivity index (χ1n) is 3.66. The van der Waals surface area contributed by atoms with Crippen molar-refractivity contribution < 1.29 is 14.6 Å². The maximum Gasteiger partial charge on any atom is 0.334 e. The van der Waals surface area contributed by atoms with E-state index in [1.165, 1.54) is 0 Å². The Labute approximate surface area is 65.8 Å². The van der Waals surface area contributed by atoms with E-state index >= 15 is 0 Å². The Bertz CT molecular complexity index is 150. The lowest BCUT2D eigenvalue weighted by Gasteiger charge is -2.32. The minimum absolute atomic E-state index is 0.0230. The zero-order valence-corrected chi connectivity index (χ0v) is 6.78. The molecule has 0 radical (unpaired) electrons. The quantitative estimate of drug-likeness (QED) is 0.575. The highest BCUT2D eigenvalue weighted by Gasteiger charge is 2.27. The Kier molecular flexibility index (Phi) is 2.46. The second-order valence-electron chi connectivity index (χ2n) is 2.99. The summed E-state index contributed by atoms with van der Waals surface area (Å²) >= 11 is 0. The number of morpholine rings is 1. The summed E-state index contributed by atoms with van der Waals surface area (Å²) < 4.78 is 5.18. The first-order chi connectivity index (χ1) is 5.09. The fraction of sp³-hybridized carbons (Fsp3) is 0.857. The number of carbonyl (C=O) groups is 1. The molecule has 0 aromatic carbocycles. The lowest BCUT2D eigenvalue weighted by Crippen LogP contribution is -2.47. The molecular formula is C7H13NO3. The number of carboxylic acids is 1. The topological polar surface area (TPSA) is 49.8 Å². The third-order valence-electron chi connectivity index (χ3n) is 1.72. The van der Waals surface area contributed by atoms with Crippen LogP contribution in [-0.2, 0) is 9.53 Å². The van der Waals surface area contributed by atoms with Crippen LogP contribution in [0.25, 0.3) is 0 Å². The van der Waals surface area contributed by atoms with E-state index < -0.39 is 12.1 Å². The van der Waals surface area contributed by atoms with Gasteiger partial charge in [0.2, 0.25) is 0 Å². The number of rotatable bonds is 1. The van der Waals surface area contributed by atoms with Crippen LogP contribution in [0.3, 0.4) is 0 Å². The Balaban J connectivity index is 2.49. The smallest absolute Gasteiger partial charge is 0.334 e. The van der Waals surface area contributed by atoms with Gasteiger partial charge in [0.15, 0.2) is 6.10 Å². The molecule has 0 bridgehead atoms. The first kappa shape index (κ1) is 8.49. The van der Waals surface area contributed by atoms with Crippen LogP contribution in [0.4, 0.5) is 0 Å². The van der Waals surface area contributed by atoms with Crippen LogP contribution < -0.4 is 0 Å². The highest BCUT2D eigenvalue weighted by atomic mass is 16.5. The summed E-state index contributed by atoms with van der Waals surface area (Å²) in [5.41, 5.74) is 0. The summed E-state index contributed by atoms with van der Waals surface area (Å²) in [7, 11) is 1.90. The molecule has 1 aliphatic heterocycles. The van der Waals surface area contributed by atoms with Crippen molar-refractivity contribution in [3.05, 3.63) is 0 Å². The normalized spacial score (nSPS) is 33.6. The summed E-state index contributed by atoms with van der Waals surface area (Å²) in [6.45, 7) is 3.18. The molecule has 0 aromatic heterocycles. The molecule has 0 spiro atoms. The highest BCUT2D eigenvalue weighted by molar-refractivity contribution is 5.72. The predicted molar refractivity (Wildman–Crippen MR) is 39.5 cm³/mol. The Morgan fingerprint density at radius 3 is 2.73 bits per heavy atom. The van der Waals surface area contributed by atoms with Crippen molar-refractivity contribution >= 4 is 5.97 Å². The van der Waals surface area contributed by atoms with Crippen LogP contribution in [0.15, 0.2) is 0 Å². The SMILES string of the molecule is C[C@@H]1CN(C)C[C@H](C(=O)O)O1. The minimum atomic E-state index is -0.872. The van der Waals surface area contributed by atoms with E-state index in [1.54, 1.807) is 0 Å². The number of nitrogens with zero attached hydrogens (tertiary/aromatic N) is 1. The predicted octanol–water partition coefficient (Wildman–Crippen LogP) is -0.210. The summed E-state index contributed by atoms with van der Waals surface area (Å²) in [4.78, 5) is 12.5. The van der Waals surface area contributed by atoms with Gasteiger partial charge in [0.05, 0.1) is 6.10 Å². The van der Waals surface area contributed by atoms with Gasteiger partial charge in [-0.25, -0.2) is 4.79 Å².